The minimum Gasteiger partial charge on any atom is -0.398 e. The molecule has 0 saturated carbocycles. The number of hydrogen-bond donors (Lipinski definition) is 1. The molecule has 2 N–H and O–H groups in total. The van der Waals surface area contributed by atoms with E-state index < -0.39 is 4.92 Å². The molecule has 1 heterocycles. The van der Waals surface area contributed by atoms with Crippen molar-refractivity contribution in [2.24, 2.45) is 5.92 Å². The summed E-state index contributed by atoms with van der Waals surface area (Å²) in [7, 11) is 0. The van der Waals surface area contributed by atoms with Crippen molar-refractivity contribution in [1.29, 1.82) is 0 Å². The predicted octanol–water partition coefficient (Wildman–Crippen LogP) is 2.02. The summed E-state index contributed by atoms with van der Waals surface area (Å²) in [6, 6.07) is 4.78. The van der Waals surface area contributed by atoms with Crippen LogP contribution in [0, 0.1) is 16.0 Å². The lowest BCUT2D eigenvalue weighted by molar-refractivity contribution is -0.384. The number of rotatable bonds is 2. The second-order valence-electron chi connectivity index (χ2n) is 4.38. The van der Waals surface area contributed by atoms with Gasteiger partial charge < -0.3 is 10.6 Å². The van der Waals surface area contributed by atoms with Gasteiger partial charge in [0.05, 0.1) is 4.92 Å². The van der Waals surface area contributed by atoms with Crippen molar-refractivity contribution in [3.8, 4) is 0 Å². The fraction of sp³-hybridized carbons (Fsp3) is 0.455. The average molecular weight is 221 g/mol. The van der Waals surface area contributed by atoms with Gasteiger partial charge >= 0.3 is 0 Å². The van der Waals surface area contributed by atoms with E-state index >= 15 is 0 Å². The standard InChI is InChI=1S/C11H15N3O2/c1-8-2-3-13(7-8)10-4-9(12)5-11(6-10)14(15)16/h4-6,8H,2-3,7,12H2,1H3. The van der Waals surface area contributed by atoms with Crippen molar-refractivity contribution in [1.82, 2.24) is 0 Å². The first-order valence-corrected chi connectivity index (χ1v) is 5.36. The summed E-state index contributed by atoms with van der Waals surface area (Å²) in [4.78, 5) is 12.5. The van der Waals surface area contributed by atoms with Gasteiger partial charge in [0.25, 0.3) is 5.69 Å². The molecule has 1 fully saturated rings. The molecular weight excluding hydrogens is 206 g/mol. The first-order chi connectivity index (χ1) is 7.56. The summed E-state index contributed by atoms with van der Waals surface area (Å²) in [6.07, 6.45) is 1.13. The normalized spacial score (nSPS) is 20.1. The van der Waals surface area contributed by atoms with Gasteiger partial charge in [0, 0.05) is 36.6 Å². The molecule has 1 aliphatic rings. The van der Waals surface area contributed by atoms with E-state index in [0.29, 0.717) is 11.6 Å². The summed E-state index contributed by atoms with van der Waals surface area (Å²) in [5.74, 6) is 0.639. The van der Waals surface area contributed by atoms with Crippen molar-refractivity contribution >= 4 is 17.1 Å². The molecule has 0 bridgehead atoms. The van der Waals surface area contributed by atoms with E-state index in [9.17, 15) is 10.1 Å². The van der Waals surface area contributed by atoms with Crippen LogP contribution >= 0.6 is 0 Å². The third kappa shape index (κ3) is 2.08. The summed E-state index contributed by atoms with van der Waals surface area (Å²) in [5, 5.41) is 10.7. The molecule has 1 aromatic carbocycles. The smallest absolute Gasteiger partial charge is 0.273 e. The summed E-state index contributed by atoms with van der Waals surface area (Å²) in [5.41, 5.74) is 7.04. The number of nitro benzene ring substituents is 1. The van der Waals surface area contributed by atoms with Crippen LogP contribution in [0.4, 0.5) is 17.1 Å². The molecule has 2 rings (SSSR count). The Bertz CT molecular complexity index is 420. The Morgan fingerprint density at radius 3 is 2.81 bits per heavy atom. The number of nitro groups is 1. The van der Waals surface area contributed by atoms with Crippen LogP contribution in [0.2, 0.25) is 0 Å². The highest BCUT2D eigenvalue weighted by Crippen LogP contribution is 2.29. The number of nitrogens with two attached hydrogens (primary N) is 1. The minimum absolute atomic E-state index is 0.0644. The summed E-state index contributed by atoms with van der Waals surface area (Å²) in [6.45, 7) is 4.07. The van der Waals surface area contributed by atoms with Gasteiger partial charge in [-0.1, -0.05) is 6.92 Å². The van der Waals surface area contributed by atoms with Crippen LogP contribution < -0.4 is 10.6 Å². The van der Waals surface area contributed by atoms with E-state index in [1.165, 1.54) is 6.07 Å². The second kappa shape index (κ2) is 4.00. The fourth-order valence-electron chi connectivity index (χ4n) is 2.08. The van der Waals surface area contributed by atoms with Gasteiger partial charge in [-0.25, -0.2) is 0 Å². The summed E-state index contributed by atoms with van der Waals surface area (Å²) >= 11 is 0. The maximum atomic E-state index is 10.7. The summed E-state index contributed by atoms with van der Waals surface area (Å²) < 4.78 is 0. The molecule has 0 amide bonds. The number of hydrogen-bond acceptors (Lipinski definition) is 4. The van der Waals surface area contributed by atoms with Gasteiger partial charge in [-0.3, -0.25) is 10.1 Å². The van der Waals surface area contributed by atoms with Gasteiger partial charge in [-0.2, -0.15) is 0 Å². The van der Waals surface area contributed by atoms with Gasteiger partial charge in [-0.05, 0) is 18.4 Å². The Labute approximate surface area is 94.0 Å². The van der Waals surface area contributed by atoms with Crippen molar-refractivity contribution in [3.05, 3.63) is 28.3 Å². The van der Waals surface area contributed by atoms with E-state index in [0.717, 1.165) is 25.2 Å². The number of benzene rings is 1. The van der Waals surface area contributed by atoms with Gasteiger partial charge in [0.2, 0.25) is 0 Å². The van der Waals surface area contributed by atoms with E-state index in [-0.39, 0.29) is 5.69 Å². The highest BCUT2D eigenvalue weighted by Gasteiger charge is 2.20. The van der Waals surface area contributed by atoms with Crippen LogP contribution in [-0.2, 0) is 0 Å². The van der Waals surface area contributed by atoms with Gasteiger partial charge in [0.15, 0.2) is 0 Å². The molecule has 1 saturated heterocycles. The zero-order chi connectivity index (χ0) is 11.7. The van der Waals surface area contributed by atoms with Crippen LogP contribution in [0.15, 0.2) is 18.2 Å². The Kier molecular flexibility index (Phi) is 2.68. The van der Waals surface area contributed by atoms with E-state index in [4.69, 9.17) is 5.73 Å². The Morgan fingerprint density at radius 2 is 2.25 bits per heavy atom. The number of nitrogen functional groups attached to an aromatic ring is 1. The van der Waals surface area contributed by atoms with Crippen LogP contribution in [-0.4, -0.2) is 18.0 Å². The lowest BCUT2D eigenvalue weighted by atomic mass is 10.2. The molecule has 0 spiro atoms. The molecule has 86 valence electrons. The van der Waals surface area contributed by atoms with Crippen molar-refractivity contribution in [2.75, 3.05) is 23.7 Å². The van der Waals surface area contributed by atoms with Crippen LogP contribution in [0.25, 0.3) is 0 Å². The molecule has 16 heavy (non-hydrogen) atoms. The zero-order valence-electron chi connectivity index (χ0n) is 9.22. The Balaban J connectivity index is 2.30. The minimum atomic E-state index is -0.403. The van der Waals surface area contributed by atoms with Gasteiger partial charge in [-0.15, -0.1) is 0 Å². The molecule has 0 radical (unpaired) electrons. The van der Waals surface area contributed by atoms with E-state index in [1.807, 2.05) is 0 Å². The Morgan fingerprint density at radius 1 is 1.50 bits per heavy atom. The quantitative estimate of drug-likeness (QED) is 0.471. The second-order valence-corrected chi connectivity index (χ2v) is 4.38. The van der Waals surface area contributed by atoms with Crippen LogP contribution in [0.3, 0.4) is 0 Å². The highest BCUT2D eigenvalue weighted by atomic mass is 16.6. The average Bonchev–Trinajstić information content (AvgIpc) is 2.64. The zero-order valence-corrected chi connectivity index (χ0v) is 9.22. The van der Waals surface area contributed by atoms with Gasteiger partial charge in [0.1, 0.15) is 0 Å². The number of non-ortho nitro benzene ring substituents is 1. The predicted molar refractivity (Wildman–Crippen MR) is 63.5 cm³/mol. The molecule has 5 nitrogen and oxygen atoms in total. The maximum absolute atomic E-state index is 10.7. The molecule has 1 aliphatic heterocycles. The highest BCUT2D eigenvalue weighted by molar-refractivity contribution is 5.63. The van der Waals surface area contributed by atoms with Crippen molar-refractivity contribution in [2.45, 2.75) is 13.3 Å². The molecule has 0 aromatic heterocycles. The van der Waals surface area contributed by atoms with E-state index in [2.05, 4.69) is 11.8 Å². The van der Waals surface area contributed by atoms with E-state index in [1.54, 1.807) is 12.1 Å². The fourth-order valence-corrected chi connectivity index (χ4v) is 2.08. The van der Waals surface area contributed by atoms with Crippen LogP contribution in [0.1, 0.15) is 13.3 Å². The largest absolute Gasteiger partial charge is 0.398 e. The molecule has 1 aromatic rings. The molecule has 0 aliphatic carbocycles. The third-order valence-corrected chi connectivity index (χ3v) is 2.92. The first-order valence-electron chi connectivity index (χ1n) is 5.36. The SMILES string of the molecule is CC1CCN(c2cc(N)cc([N+](=O)[O-])c2)C1. The maximum Gasteiger partial charge on any atom is 0.273 e. The third-order valence-electron chi connectivity index (χ3n) is 2.92. The topological polar surface area (TPSA) is 72.4 Å². The molecular formula is C11H15N3O2. The monoisotopic (exact) mass is 221 g/mol. The molecule has 1 atom stereocenters. The van der Waals surface area contributed by atoms with Crippen molar-refractivity contribution < 1.29 is 4.92 Å². The number of nitrogens with zero attached hydrogens (tertiary/aromatic N) is 2. The number of anilines is 2. The lowest BCUT2D eigenvalue weighted by Crippen LogP contribution is -2.19. The molecule has 5 heteroatoms. The lowest BCUT2D eigenvalue weighted by Gasteiger charge is -2.18. The first kappa shape index (κ1) is 10.7. The molecule has 1 unspecified atom stereocenters. The van der Waals surface area contributed by atoms with Crippen LogP contribution in [0.5, 0.6) is 0 Å². The van der Waals surface area contributed by atoms with Crippen molar-refractivity contribution in [3.63, 3.8) is 0 Å². The Hall–Kier alpha value is -1.78.